The number of amides is 1. The molecule has 1 atom stereocenters. The van der Waals surface area contributed by atoms with Crippen LogP contribution in [0.3, 0.4) is 0 Å². The number of aryl methyl sites for hydroxylation is 1. The molecule has 1 amide bonds. The van der Waals surface area contributed by atoms with Crippen molar-refractivity contribution in [1.29, 1.82) is 0 Å². The van der Waals surface area contributed by atoms with Gasteiger partial charge in [0.1, 0.15) is 0 Å². The van der Waals surface area contributed by atoms with Gasteiger partial charge in [-0.2, -0.15) is 0 Å². The van der Waals surface area contributed by atoms with Gasteiger partial charge in [0.25, 0.3) is 0 Å². The monoisotopic (exact) mass is 272 g/mol. The highest BCUT2D eigenvalue weighted by molar-refractivity contribution is 5.84. The fraction of sp³-hybridized carbons (Fsp3) is 0.588. The number of rotatable bonds is 5. The summed E-state index contributed by atoms with van der Waals surface area (Å²) < 4.78 is 0. The Hall–Kier alpha value is -1.35. The zero-order valence-electron chi connectivity index (χ0n) is 12.0. The summed E-state index contributed by atoms with van der Waals surface area (Å²) in [5, 5.41) is 3.19. The molecule has 1 aromatic carbocycles. The molecule has 0 saturated heterocycles. The van der Waals surface area contributed by atoms with E-state index in [-0.39, 0.29) is 11.8 Å². The largest absolute Gasteiger partial charge is 0.355 e. The third kappa shape index (κ3) is 2.73. The van der Waals surface area contributed by atoms with Crippen LogP contribution in [0.1, 0.15) is 49.1 Å². The number of hydrogen-bond acceptors (Lipinski definition) is 2. The molecule has 3 rings (SSSR count). The zero-order chi connectivity index (χ0) is 14.0. The molecule has 1 unspecified atom stereocenters. The molecule has 2 aliphatic rings. The molecule has 2 aliphatic carbocycles. The first-order chi connectivity index (χ1) is 9.74. The van der Waals surface area contributed by atoms with Crippen molar-refractivity contribution in [2.75, 3.05) is 13.1 Å². The van der Waals surface area contributed by atoms with Gasteiger partial charge in [0.05, 0.1) is 5.92 Å². The Balaban J connectivity index is 1.64. The molecule has 0 bridgehead atoms. The van der Waals surface area contributed by atoms with Crippen LogP contribution in [-0.4, -0.2) is 19.0 Å². The molecule has 0 aliphatic heterocycles. The highest BCUT2D eigenvalue weighted by atomic mass is 16.1. The SMILES string of the molecule is NCCC1(CNC(=O)C2CCCc3ccccc32)CC1. The van der Waals surface area contributed by atoms with Crippen LogP contribution >= 0.6 is 0 Å². The van der Waals surface area contributed by atoms with E-state index in [4.69, 9.17) is 5.73 Å². The average Bonchev–Trinajstić information content (AvgIpc) is 3.25. The van der Waals surface area contributed by atoms with Gasteiger partial charge in [-0.15, -0.1) is 0 Å². The molecule has 0 aromatic heterocycles. The minimum absolute atomic E-state index is 0.0497. The van der Waals surface area contributed by atoms with Crippen molar-refractivity contribution in [3.8, 4) is 0 Å². The highest BCUT2D eigenvalue weighted by Crippen LogP contribution is 2.47. The topological polar surface area (TPSA) is 55.1 Å². The number of nitrogens with one attached hydrogen (secondary N) is 1. The van der Waals surface area contributed by atoms with Crippen molar-refractivity contribution in [2.45, 2.75) is 44.4 Å². The maximum absolute atomic E-state index is 12.5. The number of fused-ring (bicyclic) bond motifs is 1. The van der Waals surface area contributed by atoms with Crippen molar-refractivity contribution in [2.24, 2.45) is 11.1 Å². The second-order valence-electron chi connectivity index (χ2n) is 6.40. The lowest BCUT2D eigenvalue weighted by Gasteiger charge is -2.25. The number of carbonyl (C=O) groups is 1. The smallest absolute Gasteiger partial charge is 0.227 e. The van der Waals surface area contributed by atoms with Gasteiger partial charge in [-0.05, 0) is 61.6 Å². The summed E-state index contributed by atoms with van der Waals surface area (Å²) in [6.45, 7) is 1.53. The second kappa shape index (κ2) is 5.57. The molecule has 0 radical (unpaired) electrons. The van der Waals surface area contributed by atoms with Crippen LogP contribution in [0.25, 0.3) is 0 Å². The van der Waals surface area contributed by atoms with E-state index in [0.29, 0.717) is 5.41 Å². The molecule has 3 nitrogen and oxygen atoms in total. The molecule has 3 heteroatoms. The van der Waals surface area contributed by atoms with Gasteiger partial charge >= 0.3 is 0 Å². The van der Waals surface area contributed by atoms with Crippen molar-refractivity contribution in [3.63, 3.8) is 0 Å². The average molecular weight is 272 g/mol. The number of carbonyl (C=O) groups excluding carboxylic acids is 1. The summed E-state index contributed by atoms with van der Waals surface area (Å²) in [5.74, 6) is 0.258. The van der Waals surface area contributed by atoms with Crippen molar-refractivity contribution < 1.29 is 4.79 Å². The summed E-state index contributed by atoms with van der Waals surface area (Å²) >= 11 is 0. The molecule has 1 saturated carbocycles. The third-order valence-electron chi connectivity index (χ3n) is 4.96. The molecule has 1 aromatic rings. The second-order valence-corrected chi connectivity index (χ2v) is 6.40. The van der Waals surface area contributed by atoms with E-state index >= 15 is 0 Å². The first kappa shape index (κ1) is 13.6. The summed E-state index contributed by atoms with van der Waals surface area (Å²) in [6.07, 6.45) is 6.67. The van der Waals surface area contributed by atoms with E-state index in [1.165, 1.54) is 24.0 Å². The van der Waals surface area contributed by atoms with Gasteiger partial charge < -0.3 is 11.1 Å². The van der Waals surface area contributed by atoms with E-state index in [2.05, 4.69) is 23.5 Å². The van der Waals surface area contributed by atoms with Gasteiger partial charge in [-0.25, -0.2) is 0 Å². The molecule has 0 spiro atoms. The third-order valence-corrected chi connectivity index (χ3v) is 4.96. The first-order valence-electron chi connectivity index (χ1n) is 7.80. The highest BCUT2D eigenvalue weighted by Gasteiger charge is 2.42. The van der Waals surface area contributed by atoms with Crippen LogP contribution in [-0.2, 0) is 11.2 Å². The molecular weight excluding hydrogens is 248 g/mol. The maximum Gasteiger partial charge on any atom is 0.227 e. The predicted octanol–water partition coefficient (Wildman–Crippen LogP) is 2.35. The Bertz CT molecular complexity index is 494. The molecule has 3 N–H and O–H groups in total. The molecule has 1 fully saturated rings. The van der Waals surface area contributed by atoms with E-state index in [0.717, 1.165) is 38.8 Å². The van der Waals surface area contributed by atoms with Crippen LogP contribution in [0.2, 0.25) is 0 Å². The number of hydrogen-bond donors (Lipinski definition) is 2. The van der Waals surface area contributed by atoms with Crippen molar-refractivity contribution >= 4 is 5.91 Å². The lowest BCUT2D eigenvalue weighted by atomic mass is 9.82. The normalized spacial score (nSPS) is 22.9. The van der Waals surface area contributed by atoms with E-state index in [1.54, 1.807) is 0 Å². The first-order valence-corrected chi connectivity index (χ1v) is 7.80. The molecular formula is C17H24N2O. The predicted molar refractivity (Wildman–Crippen MR) is 80.5 cm³/mol. The van der Waals surface area contributed by atoms with E-state index in [1.807, 2.05) is 6.07 Å². The summed E-state index contributed by atoms with van der Waals surface area (Å²) in [6, 6.07) is 8.39. The number of benzene rings is 1. The van der Waals surface area contributed by atoms with E-state index < -0.39 is 0 Å². The Morgan fingerprint density at radius 3 is 2.90 bits per heavy atom. The summed E-state index contributed by atoms with van der Waals surface area (Å²) in [4.78, 5) is 12.5. The Labute approximate surface area is 120 Å². The zero-order valence-corrected chi connectivity index (χ0v) is 12.0. The Morgan fingerprint density at radius 1 is 1.35 bits per heavy atom. The quantitative estimate of drug-likeness (QED) is 0.864. The van der Waals surface area contributed by atoms with Gasteiger partial charge in [0.2, 0.25) is 5.91 Å². The van der Waals surface area contributed by atoms with Crippen LogP contribution in [0.15, 0.2) is 24.3 Å². The van der Waals surface area contributed by atoms with Crippen LogP contribution < -0.4 is 11.1 Å². The summed E-state index contributed by atoms with van der Waals surface area (Å²) in [5.41, 5.74) is 8.56. The van der Waals surface area contributed by atoms with Gasteiger partial charge in [-0.3, -0.25) is 4.79 Å². The Morgan fingerprint density at radius 2 is 2.15 bits per heavy atom. The van der Waals surface area contributed by atoms with Gasteiger partial charge in [0, 0.05) is 6.54 Å². The number of nitrogens with two attached hydrogens (primary N) is 1. The fourth-order valence-electron chi connectivity index (χ4n) is 3.42. The van der Waals surface area contributed by atoms with Crippen LogP contribution in [0.4, 0.5) is 0 Å². The summed E-state index contributed by atoms with van der Waals surface area (Å²) in [7, 11) is 0. The van der Waals surface area contributed by atoms with Crippen molar-refractivity contribution in [3.05, 3.63) is 35.4 Å². The molecule has 0 heterocycles. The molecule has 108 valence electrons. The fourth-order valence-corrected chi connectivity index (χ4v) is 3.42. The minimum atomic E-state index is 0.0497. The lowest BCUT2D eigenvalue weighted by molar-refractivity contribution is -0.123. The van der Waals surface area contributed by atoms with Gasteiger partial charge in [0.15, 0.2) is 0 Å². The molecule has 20 heavy (non-hydrogen) atoms. The standard InChI is InChI=1S/C17H24N2O/c18-11-10-17(8-9-17)12-19-16(20)15-7-3-5-13-4-1-2-6-14(13)15/h1-2,4,6,15H,3,5,7-12,18H2,(H,19,20). The van der Waals surface area contributed by atoms with Crippen LogP contribution in [0.5, 0.6) is 0 Å². The van der Waals surface area contributed by atoms with Gasteiger partial charge in [-0.1, -0.05) is 24.3 Å². The Kier molecular flexibility index (Phi) is 3.79. The lowest BCUT2D eigenvalue weighted by Crippen LogP contribution is -2.36. The van der Waals surface area contributed by atoms with Crippen LogP contribution in [0, 0.1) is 5.41 Å². The van der Waals surface area contributed by atoms with E-state index in [9.17, 15) is 4.79 Å². The maximum atomic E-state index is 12.5. The van der Waals surface area contributed by atoms with Crippen molar-refractivity contribution in [1.82, 2.24) is 5.32 Å². The minimum Gasteiger partial charge on any atom is -0.355 e.